The predicted octanol–water partition coefficient (Wildman–Crippen LogP) is 2.89. The van der Waals surface area contributed by atoms with Gasteiger partial charge in [-0.25, -0.2) is 0 Å². The second-order valence-electron chi connectivity index (χ2n) is 3.57. The number of nitrogens with zero attached hydrogens (tertiary/aromatic N) is 1. The fraction of sp³-hybridized carbons (Fsp3) is 0.250. The zero-order valence-corrected chi connectivity index (χ0v) is 10.00. The van der Waals surface area contributed by atoms with Crippen molar-refractivity contribution in [1.29, 1.82) is 0 Å². The quantitative estimate of drug-likeness (QED) is 0.926. The van der Waals surface area contributed by atoms with Gasteiger partial charge in [0, 0.05) is 16.1 Å². The fourth-order valence-corrected chi connectivity index (χ4v) is 1.96. The summed E-state index contributed by atoms with van der Waals surface area (Å²) < 4.78 is 1.02. The number of aromatic nitrogens is 1. The third-order valence-electron chi connectivity index (χ3n) is 2.38. The first kappa shape index (κ1) is 10.6. The minimum atomic E-state index is 0.745. The number of aryl methyl sites for hydroxylation is 1. The smallest absolute Gasteiger partial charge is 0.0703 e. The Labute approximate surface area is 97.6 Å². The molecule has 0 bridgehead atoms. The van der Waals surface area contributed by atoms with Gasteiger partial charge in [0.1, 0.15) is 0 Å². The fourth-order valence-electron chi connectivity index (χ4n) is 1.62. The zero-order valence-electron chi connectivity index (χ0n) is 8.41. The molecule has 1 heterocycles. The molecule has 0 saturated carbocycles. The molecule has 0 atom stereocenters. The third kappa shape index (κ3) is 2.55. The van der Waals surface area contributed by atoms with Crippen LogP contribution in [0.25, 0.3) is 10.9 Å². The van der Waals surface area contributed by atoms with Crippen LogP contribution in [0.3, 0.4) is 0 Å². The van der Waals surface area contributed by atoms with Gasteiger partial charge in [0.05, 0.1) is 5.52 Å². The monoisotopic (exact) mass is 264 g/mol. The Kier molecular flexibility index (Phi) is 3.34. The molecule has 0 saturated heterocycles. The second kappa shape index (κ2) is 4.73. The molecule has 0 fully saturated rings. The number of rotatable bonds is 3. The first-order valence-corrected chi connectivity index (χ1v) is 5.83. The number of hydrogen-bond acceptors (Lipinski definition) is 2. The summed E-state index contributed by atoms with van der Waals surface area (Å²) in [4.78, 5) is 4.33. The van der Waals surface area contributed by atoms with Crippen molar-refractivity contribution in [1.82, 2.24) is 4.98 Å². The Morgan fingerprint density at radius 1 is 1.27 bits per heavy atom. The normalized spacial score (nSPS) is 10.8. The average molecular weight is 265 g/mol. The van der Waals surface area contributed by atoms with E-state index in [9.17, 15) is 0 Å². The van der Waals surface area contributed by atoms with E-state index in [0.717, 1.165) is 29.4 Å². The van der Waals surface area contributed by atoms with Gasteiger partial charge in [0.25, 0.3) is 0 Å². The van der Waals surface area contributed by atoms with E-state index < -0.39 is 0 Å². The molecule has 0 aliphatic rings. The summed E-state index contributed by atoms with van der Waals surface area (Å²) in [6, 6.07) is 8.46. The van der Waals surface area contributed by atoms with Crippen LogP contribution in [-0.4, -0.2) is 11.5 Å². The maximum atomic E-state index is 5.49. The minimum Gasteiger partial charge on any atom is -0.330 e. The number of pyridine rings is 1. The van der Waals surface area contributed by atoms with Crippen LogP contribution in [0.5, 0.6) is 0 Å². The van der Waals surface area contributed by atoms with E-state index in [4.69, 9.17) is 5.73 Å². The highest BCUT2D eigenvalue weighted by atomic mass is 79.9. The number of fused-ring (bicyclic) bond motifs is 1. The van der Waals surface area contributed by atoms with Crippen LogP contribution in [0.1, 0.15) is 12.0 Å². The summed E-state index contributed by atoms with van der Waals surface area (Å²) in [5, 5.41) is 1.18. The lowest BCUT2D eigenvalue weighted by Crippen LogP contribution is -2.00. The van der Waals surface area contributed by atoms with E-state index in [0.29, 0.717) is 0 Å². The predicted molar refractivity (Wildman–Crippen MR) is 66.8 cm³/mol. The van der Waals surface area contributed by atoms with E-state index in [2.05, 4.69) is 45.2 Å². The molecule has 2 aromatic rings. The Morgan fingerprint density at radius 2 is 2.13 bits per heavy atom. The van der Waals surface area contributed by atoms with Crippen molar-refractivity contribution in [3.05, 3.63) is 40.5 Å². The highest BCUT2D eigenvalue weighted by Crippen LogP contribution is 2.19. The molecule has 0 aliphatic carbocycles. The standard InChI is InChI=1S/C12H13BrN2/c13-11-7-10-6-9(2-1-5-14)3-4-12(10)15-8-11/h3-4,6-8H,1-2,5,14H2. The van der Waals surface area contributed by atoms with Crippen molar-refractivity contribution >= 4 is 26.8 Å². The van der Waals surface area contributed by atoms with Gasteiger partial charge in [-0.05, 0) is 59.1 Å². The SMILES string of the molecule is NCCCc1ccc2ncc(Br)cc2c1. The lowest BCUT2D eigenvalue weighted by atomic mass is 10.1. The lowest BCUT2D eigenvalue weighted by molar-refractivity contribution is 0.833. The Balaban J connectivity index is 2.36. The molecule has 3 heteroatoms. The van der Waals surface area contributed by atoms with Crippen LogP contribution >= 0.6 is 15.9 Å². The molecule has 78 valence electrons. The largest absolute Gasteiger partial charge is 0.330 e. The van der Waals surface area contributed by atoms with Crippen LogP contribution in [0.2, 0.25) is 0 Å². The molecule has 0 amide bonds. The maximum Gasteiger partial charge on any atom is 0.0703 e. The van der Waals surface area contributed by atoms with Gasteiger partial charge in [-0.2, -0.15) is 0 Å². The second-order valence-corrected chi connectivity index (χ2v) is 4.49. The molecular weight excluding hydrogens is 252 g/mol. The van der Waals surface area contributed by atoms with Crippen LogP contribution in [0, 0.1) is 0 Å². The summed E-state index contributed by atoms with van der Waals surface area (Å²) in [5.41, 5.74) is 7.86. The van der Waals surface area contributed by atoms with Crippen molar-refractivity contribution in [2.45, 2.75) is 12.8 Å². The van der Waals surface area contributed by atoms with E-state index in [1.807, 2.05) is 6.20 Å². The van der Waals surface area contributed by atoms with E-state index >= 15 is 0 Å². The highest BCUT2D eigenvalue weighted by molar-refractivity contribution is 9.10. The molecule has 0 spiro atoms. The molecular formula is C12H13BrN2. The van der Waals surface area contributed by atoms with Gasteiger partial charge in [0.15, 0.2) is 0 Å². The van der Waals surface area contributed by atoms with Gasteiger partial charge in [0.2, 0.25) is 0 Å². The Hall–Kier alpha value is -0.930. The summed E-state index contributed by atoms with van der Waals surface area (Å²) in [6.45, 7) is 0.745. The van der Waals surface area contributed by atoms with Crippen LogP contribution in [0.4, 0.5) is 0 Å². The van der Waals surface area contributed by atoms with Gasteiger partial charge in [-0.15, -0.1) is 0 Å². The molecule has 0 aliphatic heterocycles. The summed E-state index contributed by atoms with van der Waals surface area (Å²) >= 11 is 3.43. The first-order chi connectivity index (χ1) is 7.29. The van der Waals surface area contributed by atoms with Crippen molar-refractivity contribution in [3.8, 4) is 0 Å². The van der Waals surface area contributed by atoms with Gasteiger partial charge >= 0.3 is 0 Å². The molecule has 1 aromatic carbocycles. The number of nitrogens with two attached hydrogens (primary N) is 1. The van der Waals surface area contributed by atoms with Crippen LogP contribution < -0.4 is 5.73 Å². The van der Waals surface area contributed by atoms with E-state index in [1.165, 1.54) is 10.9 Å². The number of benzene rings is 1. The summed E-state index contributed by atoms with van der Waals surface area (Å²) in [6.07, 6.45) is 3.90. The molecule has 2 N–H and O–H groups in total. The van der Waals surface area contributed by atoms with Gasteiger partial charge in [-0.3, -0.25) is 4.98 Å². The zero-order chi connectivity index (χ0) is 10.7. The van der Waals surface area contributed by atoms with Crippen molar-refractivity contribution in [3.63, 3.8) is 0 Å². The topological polar surface area (TPSA) is 38.9 Å². The maximum absolute atomic E-state index is 5.49. The Morgan fingerprint density at radius 3 is 2.93 bits per heavy atom. The number of hydrogen-bond donors (Lipinski definition) is 1. The average Bonchev–Trinajstić information content (AvgIpc) is 2.25. The van der Waals surface area contributed by atoms with Crippen molar-refractivity contribution < 1.29 is 0 Å². The minimum absolute atomic E-state index is 0.745. The lowest BCUT2D eigenvalue weighted by Gasteiger charge is -2.02. The number of halogens is 1. The molecule has 1 aromatic heterocycles. The van der Waals surface area contributed by atoms with Gasteiger partial charge in [-0.1, -0.05) is 6.07 Å². The first-order valence-electron chi connectivity index (χ1n) is 5.04. The molecule has 0 unspecified atom stereocenters. The Bertz CT molecular complexity index is 468. The van der Waals surface area contributed by atoms with Crippen molar-refractivity contribution in [2.24, 2.45) is 5.73 Å². The molecule has 0 radical (unpaired) electrons. The van der Waals surface area contributed by atoms with Gasteiger partial charge < -0.3 is 5.73 Å². The van der Waals surface area contributed by atoms with Crippen LogP contribution in [0.15, 0.2) is 34.9 Å². The molecule has 2 rings (SSSR count). The van der Waals surface area contributed by atoms with Crippen molar-refractivity contribution in [2.75, 3.05) is 6.54 Å². The molecule has 2 nitrogen and oxygen atoms in total. The van der Waals surface area contributed by atoms with Crippen LogP contribution in [-0.2, 0) is 6.42 Å². The highest BCUT2D eigenvalue weighted by Gasteiger charge is 1.98. The molecule has 15 heavy (non-hydrogen) atoms. The summed E-state index contributed by atoms with van der Waals surface area (Å²) in [5.74, 6) is 0. The third-order valence-corrected chi connectivity index (χ3v) is 2.82. The van der Waals surface area contributed by atoms with E-state index in [1.54, 1.807) is 0 Å². The van der Waals surface area contributed by atoms with E-state index in [-0.39, 0.29) is 0 Å². The summed E-state index contributed by atoms with van der Waals surface area (Å²) in [7, 11) is 0.